The zero-order valence-corrected chi connectivity index (χ0v) is 18.3. The first-order valence-corrected chi connectivity index (χ1v) is 11.1. The van der Waals surface area contributed by atoms with Gasteiger partial charge in [0.05, 0.1) is 5.56 Å². The Kier molecular flexibility index (Phi) is 5.55. The van der Waals surface area contributed by atoms with Gasteiger partial charge in [-0.2, -0.15) is 0 Å². The second kappa shape index (κ2) is 8.79. The average Bonchev–Trinajstić information content (AvgIpc) is 3.19. The second-order valence-corrected chi connectivity index (χ2v) is 8.23. The fourth-order valence-electron chi connectivity index (χ4n) is 4.43. The van der Waals surface area contributed by atoms with Crippen LogP contribution in [0.3, 0.4) is 0 Å². The van der Waals surface area contributed by atoms with Crippen molar-refractivity contribution in [3.8, 4) is 0 Å². The molecule has 0 saturated carbocycles. The molecule has 0 aliphatic carbocycles. The van der Waals surface area contributed by atoms with Gasteiger partial charge in [0, 0.05) is 54.2 Å². The van der Waals surface area contributed by atoms with Crippen molar-refractivity contribution in [1.82, 2.24) is 4.98 Å². The van der Waals surface area contributed by atoms with Gasteiger partial charge in [0.2, 0.25) is 0 Å². The highest BCUT2D eigenvalue weighted by atomic mass is 16.5. The van der Waals surface area contributed by atoms with Gasteiger partial charge in [-0.1, -0.05) is 48.5 Å². The van der Waals surface area contributed by atoms with Gasteiger partial charge in [-0.3, -0.25) is 0 Å². The number of fused-ring (bicyclic) bond motifs is 1. The second-order valence-electron chi connectivity index (χ2n) is 8.23. The number of esters is 1. The zero-order chi connectivity index (χ0) is 21.9. The minimum absolute atomic E-state index is 0.271. The molecule has 2 heterocycles. The number of hydrogen-bond donors (Lipinski definition) is 1. The normalized spacial score (nSPS) is 14.0. The Morgan fingerprint density at radius 1 is 0.844 bits per heavy atom. The van der Waals surface area contributed by atoms with Crippen molar-refractivity contribution < 1.29 is 9.53 Å². The third-order valence-corrected chi connectivity index (χ3v) is 6.15. The van der Waals surface area contributed by atoms with Crippen molar-refractivity contribution in [3.05, 3.63) is 95.7 Å². The highest BCUT2D eigenvalue weighted by Gasteiger charge is 2.21. The summed E-state index contributed by atoms with van der Waals surface area (Å²) in [6, 6.07) is 26.6. The van der Waals surface area contributed by atoms with E-state index >= 15 is 0 Å². The summed E-state index contributed by atoms with van der Waals surface area (Å²) in [5.41, 5.74) is 5.81. The monoisotopic (exact) mass is 425 g/mol. The minimum atomic E-state index is -0.288. The van der Waals surface area contributed by atoms with Crippen LogP contribution < -0.4 is 9.80 Å². The standard InChI is InChI=1S/C27H27N3O2/c1-20-26(27(31)32-19-21-8-4-2-5-9-21)24-18-23(12-13-25(24)28-20)30-16-14-29(15-17-30)22-10-6-3-7-11-22/h2-13,18,28H,14-17,19H2,1H3. The van der Waals surface area contributed by atoms with Gasteiger partial charge >= 0.3 is 5.97 Å². The number of benzene rings is 3. The SMILES string of the molecule is Cc1[nH]c2ccc(N3CCN(c4ccccc4)CC3)cc2c1C(=O)OCc1ccccc1. The highest BCUT2D eigenvalue weighted by Crippen LogP contribution is 2.29. The van der Waals surface area contributed by atoms with E-state index in [1.807, 2.05) is 37.3 Å². The van der Waals surface area contributed by atoms with Crippen LogP contribution >= 0.6 is 0 Å². The lowest BCUT2D eigenvalue weighted by molar-refractivity contribution is 0.0474. The quantitative estimate of drug-likeness (QED) is 0.449. The summed E-state index contributed by atoms with van der Waals surface area (Å²) in [6.07, 6.45) is 0. The highest BCUT2D eigenvalue weighted by molar-refractivity contribution is 6.06. The molecule has 1 fully saturated rings. The molecular weight excluding hydrogens is 398 g/mol. The topological polar surface area (TPSA) is 48.6 Å². The van der Waals surface area contributed by atoms with E-state index in [9.17, 15) is 4.79 Å². The van der Waals surface area contributed by atoms with E-state index in [2.05, 4.69) is 63.3 Å². The molecule has 0 spiro atoms. The Labute approximate surface area is 188 Å². The number of aryl methyl sites for hydroxylation is 1. The first-order chi connectivity index (χ1) is 15.7. The van der Waals surface area contributed by atoms with Crippen LogP contribution in [0.1, 0.15) is 21.6 Å². The van der Waals surface area contributed by atoms with Crippen LogP contribution in [0.5, 0.6) is 0 Å². The number of anilines is 2. The molecule has 1 aromatic heterocycles. The van der Waals surface area contributed by atoms with Crippen molar-refractivity contribution >= 4 is 28.2 Å². The molecule has 0 bridgehead atoms. The average molecular weight is 426 g/mol. The van der Waals surface area contributed by atoms with Gasteiger partial charge in [-0.15, -0.1) is 0 Å². The fraction of sp³-hybridized carbons (Fsp3) is 0.222. The van der Waals surface area contributed by atoms with Crippen LogP contribution in [0.2, 0.25) is 0 Å². The first kappa shape index (κ1) is 20.2. The lowest BCUT2D eigenvalue weighted by atomic mass is 10.1. The van der Waals surface area contributed by atoms with E-state index in [0.717, 1.165) is 54.0 Å². The lowest BCUT2D eigenvalue weighted by Crippen LogP contribution is -2.46. The third-order valence-electron chi connectivity index (χ3n) is 6.15. The Morgan fingerprint density at radius 3 is 2.16 bits per heavy atom. The number of nitrogens with one attached hydrogen (secondary N) is 1. The molecule has 1 aliphatic heterocycles. The molecule has 1 aliphatic rings. The summed E-state index contributed by atoms with van der Waals surface area (Å²) in [7, 11) is 0. The number of rotatable bonds is 5. The molecular formula is C27H27N3O2. The molecule has 0 atom stereocenters. The van der Waals surface area contributed by atoms with Gasteiger partial charge in [0.25, 0.3) is 0 Å². The Bertz CT molecular complexity index is 1210. The van der Waals surface area contributed by atoms with E-state index in [4.69, 9.17) is 4.74 Å². The number of aromatic nitrogens is 1. The van der Waals surface area contributed by atoms with Crippen LogP contribution in [-0.4, -0.2) is 37.1 Å². The maximum Gasteiger partial charge on any atom is 0.340 e. The molecule has 0 unspecified atom stereocenters. The summed E-state index contributed by atoms with van der Waals surface area (Å²) in [5.74, 6) is -0.288. The molecule has 4 aromatic rings. The van der Waals surface area contributed by atoms with Crippen LogP contribution in [0.25, 0.3) is 10.9 Å². The van der Waals surface area contributed by atoms with Crippen molar-refractivity contribution in [2.24, 2.45) is 0 Å². The van der Waals surface area contributed by atoms with E-state index in [1.165, 1.54) is 5.69 Å². The van der Waals surface area contributed by atoms with Gasteiger partial charge in [-0.25, -0.2) is 4.79 Å². The van der Waals surface area contributed by atoms with E-state index in [0.29, 0.717) is 5.56 Å². The number of hydrogen-bond acceptors (Lipinski definition) is 4. The molecule has 0 radical (unpaired) electrons. The summed E-state index contributed by atoms with van der Waals surface area (Å²) in [6.45, 7) is 6.03. The number of nitrogens with zero attached hydrogens (tertiary/aromatic N) is 2. The summed E-state index contributed by atoms with van der Waals surface area (Å²) >= 11 is 0. The molecule has 5 rings (SSSR count). The van der Waals surface area contributed by atoms with Crippen LogP contribution in [0.4, 0.5) is 11.4 Å². The molecule has 3 aromatic carbocycles. The summed E-state index contributed by atoms with van der Waals surface area (Å²) in [5, 5.41) is 0.920. The molecule has 5 heteroatoms. The van der Waals surface area contributed by atoms with E-state index < -0.39 is 0 Å². The van der Waals surface area contributed by atoms with E-state index in [-0.39, 0.29) is 12.6 Å². The number of piperazine rings is 1. The predicted molar refractivity (Wildman–Crippen MR) is 129 cm³/mol. The summed E-state index contributed by atoms with van der Waals surface area (Å²) < 4.78 is 5.63. The third kappa shape index (κ3) is 4.06. The van der Waals surface area contributed by atoms with Gasteiger partial charge in [0.1, 0.15) is 6.61 Å². The molecule has 1 saturated heterocycles. The Hall–Kier alpha value is -3.73. The Morgan fingerprint density at radius 2 is 1.47 bits per heavy atom. The maximum absolute atomic E-state index is 12.9. The lowest BCUT2D eigenvalue weighted by Gasteiger charge is -2.37. The van der Waals surface area contributed by atoms with Crippen LogP contribution in [-0.2, 0) is 11.3 Å². The summed E-state index contributed by atoms with van der Waals surface area (Å²) in [4.78, 5) is 21.1. The molecule has 5 nitrogen and oxygen atoms in total. The van der Waals surface area contributed by atoms with Crippen molar-refractivity contribution in [2.45, 2.75) is 13.5 Å². The number of aromatic amines is 1. The number of ether oxygens (including phenoxy) is 1. The predicted octanol–water partition coefficient (Wildman–Crippen LogP) is 5.16. The zero-order valence-electron chi connectivity index (χ0n) is 18.3. The molecule has 0 amide bonds. The first-order valence-electron chi connectivity index (χ1n) is 11.1. The van der Waals surface area contributed by atoms with Gasteiger partial charge < -0.3 is 19.5 Å². The molecule has 1 N–H and O–H groups in total. The number of carbonyl (C=O) groups is 1. The van der Waals surface area contributed by atoms with Gasteiger partial charge in [-0.05, 0) is 42.8 Å². The molecule has 162 valence electrons. The van der Waals surface area contributed by atoms with Crippen molar-refractivity contribution in [3.63, 3.8) is 0 Å². The van der Waals surface area contributed by atoms with E-state index in [1.54, 1.807) is 0 Å². The van der Waals surface area contributed by atoms with Crippen molar-refractivity contribution in [1.29, 1.82) is 0 Å². The Balaban J connectivity index is 1.33. The van der Waals surface area contributed by atoms with Gasteiger partial charge in [0.15, 0.2) is 0 Å². The largest absolute Gasteiger partial charge is 0.457 e. The number of carbonyl (C=O) groups excluding carboxylic acids is 1. The molecule has 32 heavy (non-hydrogen) atoms. The number of para-hydroxylation sites is 1. The van der Waals surface area contributed by atoms with Crippen molar-refractivity contribution in [2.75, 3.05) is 36.0 Å². The minimum Gasteiger partial charge on any atom is -0.457 e. The van der Waals surface area contributed by atoms with Crippen LogP contribution in [0.15, 0.2) is 78.9 Å². The number of H-pyrrole nitrogens is 1. The smallest absolute Gasteiger partial charge is 0.340 e. The fourth-order valence-corrected chi connectivity index (χ4v) is 4.43. The maximum atomic E-state index is 12.9. The van der Waals surface area contributed by atoms with Crippen LogP contribution in [0, 0.1) is 6.92 Å².